The topological polar surface area (TPSA) is 167 Å². The van der Waals surface area contributed by atoms with Crippen LogP contribution >= 0.6 is 0 Å². The van der Waals surface area contributed by atoms with Gasteiger partial charge in [-0.05, 0) is 30.9 Å². The first-order valence-corrected chi connectivity index (χ1v) is 15.0. The summed E-state index contributed by atoms with van der Waals surface area (Å²) < 4.78 is 11.3. The number of para-hydroxylation sites is 1. The fraction of sp³-hybridized carbons (Fsp3) is 0.633. The van der Waals surface area contributed by atoms with Crippen molar-refractivity contribution in [3.8, 4) is 5.75 Å². The molecule has 2 heterocycles. The molecule has 4 atom stereocenters. The van der Waals surface area contributed by atoms with Crippen molar-refractivity contribution in [2.75, 3.05) is 46.0 Å². The van der Waals surface area contributed by atoms with Gasteiger partial charge in [-0.1, -0.05) is 39.8 Å². The zero-order chi connectivity index (χ0) is 31.5. The predicted molar refractivity (Wildman–Crippen MR) is 159 cm³/mol. The van der Waals surface area contributed by atoms with Gasteiger partial charge in [0.2, 0.25) is 23.6 Å². The molecule has 1 fully saturated rings. The van der Waals surface area contributed by atoms with E-state index < -0.39 is 60.1 Å². The van der Waals surface area contributed by atoms with Crippen LogP contribution in [0.2, 0.25) is 0 Å². The molecule has 13 nitrogen and oxygen atoms in total. The number of carbonyl (C=O) groups is 5. The maximum Gasteiger partial charge on any atom is 0.255 e. The van der Waals surface area contributed by atoms with Gasteiger partial charge >= 0.3 is 0 Å². The SMILES string of the molecule is CC(C)[C@@H]1NC(=O)C[C@@H](C(=O)NCCN2CCOCC2)NC(=O)c2ccccc2OC[C@H](C)NC(=O)[C@@H](C(C)C)NC1=O. The Morgan fingerprint density at radius 2 is 1.56 bits per heavy atom. The van der Waals surface area contributed by atoms with Gasteiger partial charge in [-0.2, -0.15) is 0 Å². The second-order valence-electron chi connectivity index (χ2n) is 11.7. The third-order valence-corrected chi connectivity index (χ3v) is 7.36. The van der Waals surface area contributed by atoms with Crippen molar-refractivity contribution in [2.24, 2.45) is 11.8 Å². The number of hydrogen-bond acceptors (Lipinski definition) is 8. The Bertz CT molecular complexity index is 1140. The van der Waals surface area contributed by atoms with Crippen LogP contribution in [0.1, 0.15) is 51.4 Å². The first kappa shape index (κ1) is 33.8. The smallest absolute Gasteiger partial charge is 0.255 e. The van der Waals surface area contributed by atoms with E-state index in [-0.39, 0.29) is 29.8 Å². The zero-order valence-corrected chi connectivity index (χ0v) is 25.7. The highest BCUT2D eigenvalue weighted by molar-refractivity contribution is 6.01. The minimum atomic E-state index is -1.22. The molecule has 0 aliphatic carbocycles. The van der Waals surface area contributed by atoms with E-state index in [1.54, 1.807) is 45.0 Å². The molecule has 5 amide bonds. The van der Waals surface area contributed by atoms with Crippen LogP contribution in [0.25, 0.3) is 0 Å². The normalized spacial score (nSPS) is 25.0. The summed E-state index contributed by atoms with van der Waals surface area (Å²) in [5.41, 5.74) is 0.175. The van der Waals surface area contributed by atoms with Crippen LogP contribution in [-0.4, -0.2) is 105 Å². The van der Waals surface area contributed by atoms with Crippen LogP contribution in [0.15, 0.2) is 24.3 Å². The first-order chi connectivity index (χ1) is 20.5. The summed E-state index contributed by atoms with van der Waals surface area (Å²) in [4.78, 5) is 68.5. The van der Waals surface area contributed by atoms with Crippen LogP contribution < -0.4 is 31.3 Å². The summed E-state index contributed by atoms with van der Waals surface area (Å²) in [5.74, 6) is -2.94. The van der Waals surface area contributed by atoms with Crippen molar-refractivity contribution in [3.05, 3.63) is 29.8 Å². The summed E-state index contributed by atoms with van der Waals surface area (Å²) in [6.07, 6.45) is -0.403. The average molecular weight is 603 g/mol. The van der Waals surface area contributed by atoms with Crippen molar-refractivity contribution in [1.82, 2.24) is 31.5 Å². The van der Waals surface area contributed by atoms with Crippen molar-refractivity contribution in [3.63, 3.8) is 0 Å². The Morgan fingerprint density at radius 3 is 2.23 bits per heavy atom. The number of carbonyl (C=O) groups excluding carboxylic acids is 5. The van der Waals surface area contributed by atoms with E-state index in [4.69, 9.17) is 9.47 Å². The highest BCUT2D eigenvalue weighted by atomic mass is 16.5. The number of nitrogens with one attached hydrogen (secondary N) is 5. The van der Waals surface area contributed by atoms with E-state index >= 15 is 0 Å². The van der Waals surface area contributed by atoms with Gasteiger partial charge in [-0.25, -0.2) is 0 Å². The molecule has 43 heavy (non-hydrogen) atoms. The largest absolute Gasteiger partial charge is 0.491 e. The zero-order valence-electron chi connectivity index (χ0n) is 25.7. The van der Waals surface area contributed by atoms with Crippen LogP contribution in [0.5, 0.6) is 5.75 Å². The molecule has 0 radical (unpaired) electrons. The molecule has 0 spiro atoms. The summed E-state index contributed by atoms with van der Waals surface area (Å²) >= 11 is 0. The number of amides is 5. The molecule has 0 unspecified atom stereocenters. The van der Waals surface area contributed by atoms with E-state index in [0.29, 0.717) is 26.3 Å². The molecule has 1 saturated heterocycles. The average Bonchev–Trinajstić information content (AvgIpc) is 2.96. The molecule has 3 rings (SSSR count). The van der Waals surface area contributed by atoms with Gasteiger partial charge in [0.25, 0.3) is 5.91 Å². The van der Waals surface area contributed by atoms with E-state index in [0.717, 1.165) is 13.1 Å². The maximum atomic E-state index is 13.4. The van der Waals surface area contributed by atoms with E-state index in [1.165, 1.54) is 0 Å². The Kier molecular flexibility index (Phi) is 12.7. The summed E-state index contributed by atoms with van der Waals surface area (Å²) in [5, 5.41) is 13.9. The lowest BCUT2D eigenvalue weighted by atomic mass is 9.99. The maximum absolute atomic E-state index is 13.4. The molecule has 1 aromatic carbocycles. The molecular formula is C30H46N6O7. The van der Waals surface area contributed by atoms with Gasteiger partial charge in [0, 0.05) is 26.2 Å². The standard InChI is InChI=1S/C30H46N6O7/c1-18(2)25-30(41)35-26(19(3)4)29(40)32-20(5)17-43-23-9-7-6-8-21(23)27(38)33-22(16-24(37)34-25)28(39)31-10-11-36-12-14-42-15-13-36/h6-9,18-20,22,25-26H,10-17H2,1-5H3,(H,31,39)(H,32,40)(H,33,38)(H,34,37)(H,35,41)/t20-,22-,25-,26+/m0/s1. The number of morpholine rings is 1. The molecule has 1 aromatic rings. The van der Waals surface area contributed by atoms with E-state index in [1.807, 2.05) is 13.8 Å². The molecule has 2 aliphatic rings. The van der Waals surface area contributed by atoms with Crippen molar-refractivity contribution < 1.29 is 33.4 Å². The summed E-state index contributed by atoms with van der Waals surface area (Å²) in [6.45, 7) is 12.6. The lowest BCUT2D eigenvalue weighted by Gasteiger charge is -2.28. The fourth-order valence-electron chi connectivity index (χ4n) is 4.83. The first-order valence-electron chi connectivity index (χ1n) is 15.0. The van der Waals surface area contributed by atoms with Crippen LogP contribution in [0.3, 0.4) is 0 Å². The Morgan fingerprint density at radius 1 is 0.930 bits per heavy atom. The van der Waals surface area contributed by atoms with E-state index in [2.05, 4.69) is 31.5 Å². The number of rotatable bonds is 6. The van der Waals surface area contributed by atoms with Gasteiger partial charge in [-0.15, -0.1) is 0 Å². The number of benzene rings is 1. The van der Waals surface area contributed by atoms with E-state index in [9.17, 15) is 24.0 Å². The number of nitrogens with zero attached hydrogens (tertiary/aromatic N) is 1. The van der Waals surface area contributed by atoms with Crippen LogP contribution in [0.4, 0.5) is 0 Å². The van der Waals surface area contributed by atoms with Crippen LogP contribution in [0, 0.1) is 11.8 Å². The molecule has 238 valence electrons. The predicted octanol–water partition coefficient (Wildman–Crippen LogP) is -0.198. The van der Waals surface area contributed by atoms with Gasteiger partial charge in [-0.3, -0.25) is 28.9 Å². The highest BCUT2D eigenvalue weighted by Gasteiger charge is 2.33. The van der Waals surface area contributed by atoms with Gasteiger partial charge in [0.1, 0.15) is 30.5 Å². The molecule has 2 aliphatic heterocycles. The monoisotopic (exact) mass is 602 g/mol. The Hall–Kier alpha value is -3.71. The molecule has 0 saturated carbocycles. The second-order valence-corrected chi connectivity index (χ2v) is 11.7. The molecule has 5 N–H and O–H groups in total. The van der Waals surface area contributed by atoms with Crippen molar-refractivity contribution in [2.45, 2.75) is 65.2 Å². The Balaban J connectivity index is 1.87. The number of hydrogen-bond donors (Lipinski definition) is 5. The molecular weight excluding hydrogens is 556 g/mol. The summed E-state index contributed by atoms with van der Waals surface area (Å²) in [7, 11) is 0. The van der Waals surface area contributed by atoms with Gasteiger partial charge in [0.05, 0.1) is 31.2 Å². The molecule has 0 bridgehead atoms. The quantitative estimate of drug-likeness (QED) is 0.299. The fourth-order valence-corrected chi connectivity index (χ4v) is 4.83. The lowest BCUT2D eigenvalue weighted by molar-refractivity contribution is -0.134. The third kappa shape index (κ3) is 10.2. The number of fused-ring (bicyclic) bond motifs is 1. The Labute approximate surface area is 253 Å². The second kappa shape index (κ2) is 16.2. The minimum Gasteiger partial charge on any atom is -0.491 e. The van der Waals surface area contributed by atoms with Gasteiger partial charge < -0.3 is 36.1 Å². The minimum absolute atomic E-state index is 0.0505. The summed E-state index contributed by atoms with van der Waals surface area (Å²) in [6, 6.07) is 3.04. The van der Waals surface area contributed by atoms with Crippen molar-refractivity contribution >= 4 is 29.5 Å². The highest BCUT2D eigenvalue weighted by Crippen LogP contribution is 2.19. The third-order valence-electron chi connectivity index (χ3n) is 7.36. The molecule has 0 aromatic heterocycles. The van der Waals surface area contributed by atoms with Crippen LogP contribution in [-0.2, 0) is 23.9 Å². The number of ether oxygens (including phenoxy) is 2. The molecule has 13 heteroatoms. The van der Waals surface area contributed by atoms with Crippen molar-refractivity contribution in [1.29, 1.82) is 0 Å². The van der Waals surface area contributed by atoms with Gasteiger partial charge in [0.15, 0.2) is 0 Å². The lowest BCUT2D eigenvalue weighted by Crippen LogP contribution is -2.58.